The monoisotopic (exact) mass is 679 g/mol. The quantitative estimate of drug-likeness (QED) is 0.150. The van der Waals surface area contributed by atoms with Gasteiger partial charge in [0.25, 0.3) is 5.91 Å². The molecule has 0 aliphatic rings. The van der Waals surface area contributed by atoms with Gasteiger partial charge in [-0.25, -0.2) is 18.4 Å². The van der Waals surface area contributed by atoms with E-state index in [0.717, 1.165) is 5.56 Å². The first kappa shape index (κ1) is 34.4. The van der Waals surface area contributed by atoms with Crippen LogP contribution in [-0.2, 0) is 11.3 Å². The van der Waals surface area contributed by atoms with E-state index in [-0.39, 0.29) is 35.1 Å². The van der Waals surface area contributed by atoms with Gasteiger partial charge in [0.05, 0.1) is 18.2 Å². The predicted octanol–water partition coefficient (Wildman–Crippen LogP) is 8.96. The molecular formula is C35H25Cl2F2NO7. The van der Waals surface area contributed by atoms with Crippen LogP contribution in [0.2, 0.25) is 10.0 Å². The molecule has 0 spiro atoms. The van der Waals surface area contributed by atoms with Crippen molar-refractivity contribution in [2.75, 3.05) is 7.11 Å². The second-order valence-corrected chi connectivity index (χ2v) is 10.4. The van der Waals surface area contributed by atoms with Gasteiger partial charge >= 0.3 is 11.9 Å². The molecule has 0 unspecified atom stereocenters. The molecule has 0 aromatic heterocycles. The van der Waals surface area contributed by atoms with Gasteiger partial charge in [-0.3, -0.25) is 4.79 Å². The van der Waals surface area contributed by atoms with Crippen LogP contribution in [0.25, 0.3) is 0 Å². The fourth-order valence-electron chi connectivity index (χ4n) is 3.94. The van der Waals surface area contributed by atoms with Crippen molar-refractivity contribution in [2.24, 2.45) is 0 Å². The molecule has 0 saturated heterocycles. The molecule has 12 heteroatoms. The number of rotatable bonds is 9. The number of aromatic carboxylic acids is 1. The average molecular weight is 680 g/mol. The van der Waals surface area contributed by atoms with Crippen molar-refractivity contribution in [1.82, 2.24) is 5.32 Å². The lowest BCUT2D eigenvalue weighted by atomic mass is 10.1. The van der Waals surface area contributed by atoms with Crippen LogP contribution in [-0.4, -0.2) is 30.1 Å². The highest BCUT2D eigenvalue weighted by atomic mass is 35.5. The number of amides is 1. The number of carboxylic acid groups (broad SMARTS) is 1. The maximum Gasteiger partial charge on any atom is 0.339 e. The number of hydrogen-bond acceptors (Lipinski definition) is 6. The Hall–Kier alpha value is -5.45. The van der Waals surface area contributed by atoms with Crippen molar-refractivity contribution < 1.29 is 42.5 Å². The number of carbonyl (C=O) groups is 3. The fraction of sp³-hybridized carbons (Fsp3) is 0.0571. The van der Waals surface area contributed by atoms with Crippen LogP contribution in [0.1, 0.15) is 36.6 Å². The van der Waals surface area contributed by atoms with Crippen molar-refractivity contribution in [3.63, 3.8) is 0 Å². The second kappa shape index (κ2) is 16.2. The van der Waals surface area contributed by atoms with Gasteiger partial charge in [-0.15, -0.1) is 0 Å². The molecule has 0 saturated carbocycles. The van der Waals surface area contributed by atoms with Crippen molar-refractivity contribution >= 4 is 41.0 Å². The Labute approximate surface area is 278 Å². The lowest BCUT2D eigenvalue weighted by molar-refractivity contribution is 0.0599. The minimum atomic E-state index is -1.14. The third-order valence-electron chi connectivity index (χ3n) is 6.27. The van der Waals surface area contributed by atoms with E-state index in [1.54, 1.807) is 36.4 Å². The van der Waals surface area contributed by atoms with Gasteiger partial charge in [0.2, 0.25) is 0 Å². The number of ether oxygens (including phenoxy) is 3. The second-order valence-electron chi connectivity index (χ2n) is 9.57. The highest BCUT2D eigenvalue weighted by molar-refractivity contribution is 6.31. The van der Waals surface area contributed by atoms with Crippen LogP contribution in [0.3, 0.4) is 0 Å². The normalized spacial score (nSPS) is 10.2. The van der Waals surface area contributed by atoms with Crippen LogP contribution in [0.4, 0.5) is 8.78 Å². The summed E-state index contributed by atoms with van der Waals surface area (Å²) in [5, 5.41) is 12.5. The molecule has 0 aliphatic carbocycles. The third-order valence-corrected chi connectivity index (χ3v) is 6.74. The highest BCUT2D eigenvalue weighted by Gasteiger charge is 2.15. The van der Waals surface area contributed by atoms with Crippen LogP contribution >= 0.6 is 23.2 Å². The first-order valence-electron chi connectivity index (χ1n) is 13.7. The van der Waals surface area contributed by atoms with E-state index < -0.39 is 17.8 Å². The van der Waals surface area contributed by atoms with E-state index in [9.17, 15) is 23.2 Å². The number of nitrogens with one attached hydrogen (secondary N) is 1. The van der Waals surface area contributed by atoms with Crippen molar-refractivity contribution in [1.29, 1.82) is 0 Å². The number of esters is 1. The minimum absolute atomic E-state index is 0.0492. The van der Waals surface area contributed by atoms with Gasteiger partial charge < -0.3 is 24.6 Å². The van der Waals surface area contributed by atoms with Gasteiger partial charge in [0.1, 0.15) is 40.2 Å². The number of methoxy groups -OCH3 is 1. The van der Waals surface area contributed by atoms with E-state index >= 15 is 0 Å². The van der Waals surface area contributed by atoms with Crippen LogP contribution < -0.4 is 14.8 Å². The number of benzene rings is 5. The van der Waals surface area contributed by atoms with Gasteiger partial charge in [0.15, 0.2) is 0 Å². The Morgan fingerprint density at radius 1 is 0.681 bits per heavy atom. The molecule has 5 rings (SSSR count). The molecule has 2 N–H and O–H groups in total. The summed E-state index contributed by atoms with van der Waals surface area (Å²) in [6, 6.07) is 26.4. The molecular weight excluding hydrogens is 655 g/mol. The Kier molecular flexibility index (Phi) is 11.9. The largest absolute Gasteiger partial charge is 0.478 e. The van der Waals surface area contributed by atoms with Crippen LogP contribution in [0, 0.1) is 11.6 Å². The lowest BCUT2D eigenvalue weighted by Gasteiger charge is -2.12. The molecule has 0 aliphatic heterocycles. The number of halogens is 4. The van der Waals surface area contributed by atoms with Gasteiger partial charge in [-0.05, 0) is 103 Å². The number of carbonyl (C=O) groups excluding carboxylic acids is 2. The summed E-state index contributed by atoms with van der Waals surface area (Å²) in [6.45, 7) is 0.239. The SMILES string of the molecule is COC(=O)c1ccc(CNC(=O)c2cc(Cl)ccc2Oc2ccc(F)cc2)cc1.O=C(O)c1cc(Cl)ccc1Oc1ccc(F)cc1. The van der Waals surface area contributed by atoms with Crippen molar-refractivity contribution in [3.05, 3.63) is 153 Å². The van der Waals surface area contributed by atoms with Crippen LogP contribution in [0.5, 0.6) is 23.0 Å². The molecule has 240 valence electrons. The van der Waals surface area contributed by atoms with E-state index in [2.05, 4.69) is 10.1 Å². The third kappa shape index (κ3) is 10.0. The number of carboxylic acids is 1. The molecule has 5 aromatic carbocycles. The first-order chi connectivity index (χ1) is 22.5. The molecule has 1 amide bonds. The summed E-state index contributed by atoms with van der Waals surface area (Å²) in [4.78, 5) is 35.2. The lowest BCUT2D eigenvalue weighted by Crippen LogP contribution is -2.23. The van der Waals surface area contributed by atoms with Crippen molar-refractivity contribution in [2.45, 2.75) is 6.54 Å². The Morgan fingerprint density at radius 3 is 1.62 bits per heavy atom. The molecule has 47 heavy (non-hydrogen) atoms. The molecule has 0 heterocycles. The summed E-state index contributed by atoms with van der Waals surface area (Å²) in [5.74, 6) is -1.56. The average Bonchev–Trinajstić information content (AvgIpc) is 3.07. The summed E-state index contributed by atoms with van der Waals surface area (Å²) in [7, 11) is 1.31. The highest BCUT2D eigenvalue weighted by Crippen LogP contribution is 2.29. The van der Waals surface area contributed by atoms with E-state index in [0.29, 0.717) is 32.9 Å². The van der Waals surface area contributed by atoms with Crippen molar-refractivity contribution in [3.8, 4) is 23.0 Å². The zero-order valence-electron chi connectivity index (χ0n) is 24.5. The molecule has 5 aromatic rings. The zero-order chi connectivity index (χ0) is 33.9. The van der Waals surface area contributed by atoms with Gasteiger partial charge in [-0.1, -0.05) is 35.3 Å². The molecule has 0 bridgehead atoms. The molecule has 0 radical (unpaired) electrons. The maximum atomic E-state index is 13.1. The molecule has 0 fully saturated rings. The Bertz CT molecular complexity index is 1870. The summed E-state index contributed by atoms with van der Waals surface area (Å²) in [5.41, 5.74) is 1.42. The Balaban J connectivity index is 0.000000238. The minimum Gasteiger partial charge on any atom is -0.478 e. The first-order valence-corrected chi connectivity index (χ1v) is 14.4. The fourth-order valence-corrected chi connectivity index (χ4v) is 4.28. The molecule has 8 nitrogen and oxygen atoms in total. The Morgan fingerprint density at radius 2 is 1.15 bits per heavy atom. The van der Waals surface area contributed by atoms with E-state index in [1.807, 2.05) is 0 Å². The zero-order valence-corrected chi connectivity index (χ0v) is 26.0. The smallest absolute Gasteiger partial charge is 0.339 e. The summed E-state index contributed by atoms with van der Waals surface area (Å²) in [6.07, 6.45) is 0. The van der Waals surface area contributed by atoms with Gasteiger partial charge in [-0.2, -0.15) is 0 Å². The summed E-state index contributed by atoms with van der Waals surface area (Å²) >= 11 is 11.7. The molecule has 0 atom stereocenters. The van der Waals surface area contributed by atoms with Gasteiger partial charge in [0, 0.05) is 16.6 Å². The van der Waals surface area contributed by atoms with E-state index in [1.165, 1.54) is 79.9 Å². The topological polar surface area (TPSA) is 111 Å². The number of hydrogen-bond donors (Lipinski definition) is 2. The maximum absolute atomic E-state index is 13.1. The predicted molar refractivity (Wildman–Crippen MR) is 172 cm³/mol. The summed E-state index contributed by atoms with van der Waals surface area (Å²) < 4.78 is 41.5. The van der Waals surface area contributed by atoms with Crippen LogP contribution in [0.15, 0.2) is 109 Å². The standard InChI is InChI=1S/C22H17ClFNO4.C13H8ClFO3/c1-28-22(27)15-4-2-14(3-5-15)13-25-21(26)19-12-16(23)6-11-20(19)29-18-9-7-17(24)8-10-18;14-8-1-6-12(11(7-8)13(16)17)18-10-4-2-9(15)3-5-10/h2-12H,13H2,1H3,(H,25,26);1-7H,(H,16,17). The van der Waals surface area contributed by atoms with E-state index in [4.69, 9.17) is 37.8 Å².